The Labute approximate surface area is 124 Å². The maximum Gasteiger partial charge on any atom is 0.246 e. The van der Waals surface area contributed by atoms with Crippen molar-refractivity contribution >= 4 is 17.2 Å². The van der Waals surface area contributed by atoms with Gasteiger partial charge in [0.15, 0.2) is 0 Å². The molecule has 1 aromatic heterocycles. The largest absolute Gasteiger partial charge is 0.395 e. The van der Waals surface area contributed by atoms with Crippen LogP contribution in [0.3, 0.4) is 0 Å². The number of hydrogen-bond donors (Lipinski definition) is 2. The first kappa shape index (κ1) is 16.7. The number of carbonyl (C=O) groups excluding carboxylic acids is 1. The molecule has 4 nitrogen and oxygen atoms in total. The summed E-state index contributed by atoms with van der Waals surface area (Å²) in [5, 5.41) is 13.4. The van der Waals surface area contributed by atoms with E-state index in [0.717, 1.165) is 10.4 Å². The van der Waals surface area contributed by atoms with Crippen LogP contribution in [0.2, 0.25) is 0 Å². The maximum absolute atomic E-state index is 11.6. The van der Waals surface area contributed by atoms with Crippen LogP contribution in [0.15, 0.2) is 11.4 Å². The van der Waals surface area contributed by atoms with Gasteiger partial charge in [0.25, 0.3) is 0 Å². The van der Waals surface area contributed by atoms with Gasteiger partial charge in [-0.05, 0) is 26.8 Å². The molecule has 1 heterocycles. The number of carbonyl (C=O) groups is 1. The normalized spacial score (nSPS) is 10.8. The minimum atomic E-state index is -0.310. The molecule has 1 rings (SSSR count). The molecule has 0 spiro atoms. The van der Waals surface area contributed by atoms with Crippen molar-refractivity contribution in [2.45, 2.75) is 39.3 Å². The third-order valence-electron chi connectivity index (χ3n) is 2.22. The van der Waals surface area contributed by atoms with E-state index in [1.165, 1.54) is 0 Å². The van der Waals surface area contributed by atoms with E-state index in [0.29, 0.717) is 13.0 Å². The number of thiophene rings is 1. The molecule has 0 aromatic carbocycles. The van der Waals surface area contributed by atoms with Crippen LogP contribution < -0.4 is 5.32 Å². The predicted octanol–water partition coefficient (Wildman–Crippen LogP) is 1.91. The minimum absolute atomic E-state index is 0.0675. The molecule has 5 heteroatoms. The Morgan fingerprint density at radius 3 is 2.90 bits per heavy atom. The number of nitrogens with one attached hydrogen (secondary N) is 1. The van der Waals surface area contributed by atoms with Crippen LogP contribution in [-0.4, -0.2) is 29.8 Å². The second-order valence-electron chi connectivity index (χ2n) is 5.25. The number of hydrogen-bond acceptors (Lipinski definition) is 4. The molecule has 0 atom stereocenters. The lowest BCUT2D eigenvalue weighted by atomic mass is 10.2. The Kier molecular flexibility index (Phi) is 6.73. The van der Waals surface area contributed by atoms with E-state index in [2.05, 4.69) is 17.2 Å². The van der Waals surface area contributed by atoms with E-state index in [9.17, 15) is 4.79 Å². The van der Waals surface area contributed by atoms with Gasteiger partial charge in [-0.3, -0.25) is 4.79 Å². The standard InChI is InChI=1S/C15H21NO3S/c1-15(2,3)19-10-14(18)16-9-13-8-12(11-20-13)6-4-5-7-17/h8,11,17H,5,7,9-10H2,1-3H3,(H,16,18). The molecular formula is C15H21NO3S. The van der Waals surface area contributed by atoms with Crippen LogP contribution in [0.25, 0.3) is 0 Å². The Morgan fingerprint density at radius 1 is 1.50 bits per heavy atom. The first-order chi connectivity index (χ1) is 9.40. The fourth-order valence-corrected chi connectivity index (χ4v) is 2.03. The average molecular weight is 295 g/mol. The van der Waals surface area contributed by atoms with Crippen molar-refractivity contribution < 1.29 is 14.6 Å². The third-order valence-corrected chi connectivity index (χ3v) is 3.16. The van der Waals surface area contributed by atoms with E-state index in [1.807, 2.05) is 32.2 Å². The smallest absolute Gasteiger partial charge is 0.246 e. The maximum atomic E-state index is 11.6. The fraction of sp³-hybridized carbons (Fsp3) is 0.533. The molecule has 0 saturated heterocycles. The van der Waals surface area contributed by atoms with Gasteiger partial charge in [-0.15, -0.1) is 11.3 Å². The molecule has 0 aliphatic rings. The molecule has 0 saturated carbocycles. The number of rotatable bonds is 5. The first-order valence-corrected chi connectivity index (χ1v) is 7.36. The predicted molar refractivity (Wildman–Crippen MR) is 80.5 cm³/mol. The lowest BCUT2D eigenvalue weighted by molar-refractivity contribution is -0.130. The molecular weight excluding hydrogens is 274 g/mol. The van der Waals surface area contributed by atoms with Gasteiger partial charge in [0.2, 0.25) is 5.91 Å². The van der Waals surface area contributed by atoms with Gasteiger partial charge in [-0.2, -0.15) is 0 Å². The van der Waals surface area contributed by atoms with E-state index in [1.54, 1.807) is 11.3 Å². The summed E-state index contributed by atoms with van der Waals surface area (Å²) in [5.41, 5.74) is 0.606. The SMILES string of the molecule is CC(C)(C)OCC(=O)NCc1cc(C#CCCO)cs1. The van der Waals surface area contributed by atoms with Gasteiger partial charge in [0.05, 0.1) is 18.8 Å². The zero-order chi connectivity index (χ0) is 15.0. The quantitative estimate of drug-likeness (QED) is 0.816. The minimum Gasteiger partial charge on any atom is -0.395 e. The van der Waals surface area contributed by atoms with Gasteiger partial charge in [0.1, 0.15) is 6.61 Å². The molecule has 20 heavy (non-hydrogen) atoms. The van der Waals surface area contributed by atoms with Crippen molar-refractivity contribution in [3.63, 3.8) is 0 Å². The Morgan fingerprint density at radius 2 is 2.25 bits per heavy atom. The number of aliphatic hydroxyl groups excluding tert-OH is 1. The highest BCUT2D eigenvalue weighted by Gasteiger charge is 2.12. The zero-order valence-electron chi connectivity index (χ0n) is 12.2. The summed E-state index contributed by atoms with van der Waals surface area (Å²) in [6.45, 7) is 6.37. The van der Waals surface area contributed by atoms with E-state index >= 15 is 0 Å². The highest BCUT2D eigenvalue weighted by molar-refractivity contribution is 7.10. The summed E-state index contributed by atoms with van der Waals surface area (Å²) >= 11 is 1.55. The van der Waals surface area contributed by atoms with Crippen molar-refractivity contribution in [2.24, 2.45) is 0 Å². The molecule has 0 aliphatic carbocycles. The number of ether oxygens (including phenoxy) is 1. The second kappa shape index (κ2) is 8.05. The van der Waals surface area contributed by atoms with Crippen LogP contribution in [0.5, 0.6) is 0 Å². The van der Waals surface area contributed by atoms with Crippen molar-refractivity contribution in [3.05, 3.63) is 21.9 Å². The van der Waals surface area contributed by atoms with Gasteiger partial charge in [-0.1, -0.05) is 11.8 Å². The van der Waals surface area contributed by atoms with Crippen molar-refractivity contribution in [1.29, 1.82) is 0 Å². The molecule has 0 unspecified atom stereocenters. The Balaban J connectivity index is 2.35. The van der Waals surface area contributed by atoms with Gasteiger partial charge in [0, 0.05) is 22.2 Å². The average Bonchev–Trinajstić information content (AvgIpc) is 2.81. The van der Waals surface area contributed by atoms with Crippen LogP contribution in [0, 0.1) is 11.8 Å². The molecule has 0 aliphatic heterocycles. The highest BCUT2D eigenvalue weighted by Crippen LogP contribution is 2.13. The molecule has 110 valence electrons. The monoisotopic (exact) mass is 295 g/mol. The van der Waals surface area contributed by atoms with Crippen LogP contribution in [-0.2, 0) is 16.1 Å². The first-order valence-electron chi connectivity index (χ1n) is 6.48. The lowest BCUT2D eigenvalue weighted by Gasteiger charge is -2.18. The topological polar surface area (TPSA) is 58.6 Å². The summed E-state index contributed by atoms with van der Waals surface area (Å²) in [6, 6.07) is 1.94. The van der Waals surface area contributed by atoms with Crippen LogP contribution in [0.4, 0.5) is 0 Å². The van der Waals surface area contributed by atoms with Gasteiger partial charge < -0.3 is 15.2 Å². The highest BCUT2D eigenvalue weighted by atomic mass is 32.1. The van der Waals surface area contributed by atoms with Crippen LogP contribution >= 0.6 is 11.3 Å². The zero-order valence-corrected chi connectivity index (χ0v) is 13.0. The summed E-state index contributed by atoms with van der Waals surface area (Å²) < 4.78 is 5.40. The summed E-state index contributed by atoms with van der Waals surface area (Å²) in [4.78, 5) is 12.6. The summed E-state index contributed by atoms with van der Waals surface area (Å²) in [5.74, 6) is 5.70. The molecule has 2 N–H and O–H groups in total. The van der Waals surface area contributed by atoms with E-state index in [4.69, 9.17) is 9.84 Å². The van der Waals surface area contributed by atoms with Gasteiger partial charge >= 0.3 is 0 Å². The number of aliphatic hydroxyl groups is 1. The third kappa shape index (κ3) is 7.29. The molecule has 0 fully saturated rings. The molecule has 0 radical (unpaired) electrons. The van der Waals surface area contributed by atoms with Crippen molar-refractivity contribution in [1.82, 2.24) is 5.32 Å². The Bertz CT molecular complexity index is 491. The second-order valence-corrected chi connectivity index (χ2v) is 6.25. The van der Waals surface area contributed by atoms with E-state index < -0.39 is 0 Å². The summed E-state index contributed by atoms with van der Waals surface area (Å²) in [7, 11) is 0. The van der Waals surface area contributed by atoms with Gasteiger partial charge in [-0.25, -0.2) is 0 Å². The lowest BCUT2D eigenvalue weighted by Crippen LogP contribution is -2.31. The van der Waals surface area contributed by atoms with E-state index in [-0.39, 0.29) is 24.7 Å². The molecule has 0 bridgehead atoms. The Hall–Kier alpha value is -1.35. The molecule has 1 amide bonds. The van der Waals surface area contributed by atoms with Crippen molar-refractivity contribution in [2.75, 3.05) is 13.2 Å². The van der Waals surface area contributed by atoms with Crippen LogP contribution in [0.1, 0.15) is 37.6 Å². The summed E-state index contributed by atoms with van der Waals surface area (Å²) in [6.07, 6.45) is 0.478. The number of amides is 1. The molecule has 1 aromatic rings. The fourth-order valence-electron chi connectivity index (χ4n) is 1.28. The van der Waals surface area contributed by atoms with Crippen molar-refractivity contribution in [3.8, 4) is 11.8 Å².